The molecule has 1 aromatic heterocycles. The van der Waals surface area contributed by atoms with E-state index in [-0.39, 0.29) is 35.6 Å². The molecule has 2 aliphatic heterocycles. The van der Waals surface area contributed by atoms with Crippen LogP contribution in [0.4, 0.5) is 0 Å². The molecule has 0 unspecified atom stereocenters. The molecule has 0 atom stereocenters. The summed E-state index contributed by atoms with van der Waals surface area (Å²) >= 11 is 0. The Bertz CT molecular complexity index is 962. The summed E-state index contributed by atoms with van der Waals surface area (Å²) in [5.41, 5.74) is 1.97. The van der Waals surface area contributed by atoms with Crippen molar-refractivity contribution in [2.45, 2.75) is 18.1 Å². The zero-order valence-electron chi connectivity index (χ0n) is 14.6. The number of benzene rings is 1. The van der Waals surface area contributed by atoms with Crippen molar-refractivity contribution in [2.75, 3.05) is 32.8 Å². The maximum atomic E-state index is 12.8. The van der Waals surface area contributed by atoms with Crippen molar-refractivity contribution in [1.82, 2.24) is 9.21 Å². The van der Waals surface area contributed by atoms with Gasteiger partial charge in [-0.2, -0.15) is 4.31 Å². The number of furan rings is 1. The zero-order chi connectivity index (χ0) is 19.0. The molecule has 3 heterocycles. The Labute approximate surface area is 157 Å². The van der Waals surface area contributed by atoms with Crippen LogP contribution < -0.4 is 0 Å². The van der Waals surface area contributed by atoms with Gasteiger partial charge in [-0.25, -0.2) is 8.42 Å². The lowest BCUT2D eigenvalue weighted by molar-refractivity contribution is 0.0686. The molecule has 9 heteroatoms. The topological polar surface area (TPSA) is 100 Å². The average Bonchev–Trinajstić information content (AvgIpc) is 3.18. The van der Waals surface area contributed by atoms with Crippen LogP contribution in [-0.4, -0.2) is 61.5 Å². The second kappa shape index (κ2) is 6.99. The van der Waals surface area contributed by atoms with E-state index in [9.17, 15) is 18.3 Å². The molecular weight excluding hydrogens is 372 g/mol. The highest BCUT2D eigenvalue weighted by Crippen LogP contribution is 2.26. The van der Waals surface area contributed by atoms with Gasteiger partial charge >= 0.3 is 0 Å². The molecule has 0 bridgehead atoms. The Kier molecular flexibility index (Phi) is 4.67. The van der Waals surface area contributed by atoms with Crippen molar-refractivity contribution in [2.24, 2.45) is 0 Å². The summed E-state index contributed by atoms with van der Waals surface area (Å²) in [6.07, 6.45) is 0.668. The molecule has 1 N–H and O–H groups in total. The van der Waals surface area contributed by atoms with Crippen molar-refractivity contribution in [3.05, 3.63) is 47.2 Å². The molecule has 1 aromatic carbocycles. The predicted molar refractivity (Wildman–Crippen MR) is 94.8 cm³/mol. The highest BCUT2D eigenvalue weighted by molar-refractivity contribution is 7.89. The van der Waals surface area contributed by atoms with E-state index in [1.54, 1.807) is 17.0 Å². The molecule has 1 saturated heterocycles. The van der Waals surface area contributed by atoms with E-state index < -0.39 is 10.0 Å². The van der Waals surface area contributed by atoms with E-state index in [0.29, 0.717) is 32.7 Å². The number of sulfonamides is 1. The summed E-state index contributed by atoms with van der Waals surface area (Å²) < 4.78 is 37.1. The number of carbonyl (C=O) groups is 1. The molecule has 0 saturated carbocycles. The van der Waals surface area contributed by atoms with E-state index in [1.165, 1.54) is 16.4 Å². The third kappa shape index (κ3) is 3.45. The number of ether oxygens (including phenoxy) is 1. The number of amides is 1. The molecule has 8 nitrogen and oxygen atoms in total. The fraction of sp³-hybridized carbons (Fsp3) is 0.389. The van der Waals surface area contributed by atoms with E-state index in [1.807, 2.05) is 6.07 Å². The lowest BCUT2D eigenvalue weighted by Gasteiger charge is -2.28. The number of carbonyl (C=O) groups excluding carboxylic acids is 1. The van der Waals surface area contributed by atoms with Gasteiger partial charge in [0.2, 0.25) is 5.09 Å². The minimum atomic E-state index is -3.78. The number of fused-ring (bicyclic) bond motifs is 1. The van der Waals surface area contributed by atoms with Gasteiger partial charge in [0.05, 0.1) is 13.2 Å². The number of hydrogen-bond acceptors (Lipinski definition) is 6. The van der Waals surface area contributed by atoms with E-state index in [0.717, 1.165) is 11.1 Å². The van der Waals surface area contributed by atoms with Crippen LogP contribution in [0.3, 0.4) is 0 Å². The quantitative estimate of drug-likeness (QED) is 0.843. The van der Waals surface area contributed by atoms with Crippen LogP contribution in [0.2, 0.25) is 0 Å². The summed E-state index contributed by atoms with van der Waals surface area (Å²) in [5, 5.41) is 9.41. The Morgan fingerprint density at radius 3 is 2.59 bits per heavy atom. The molecule has 2 aliphatic rings. The molecule has 27 heavy (non-hydrogen) atoms. The second-order valence-electron chi connectivity index (χ2n) is 6.56. The largest absolute Gasteiger partial charge is 0.508 e. The first-order chi connectivity index (χ1) is 12.9. The fourth-order valence-corrected chi connectivity index (χ4v) is 4.68. The lowest BCUT2D eigenvalue weighted by Crippen LogP contribution is -2.40. The van der Waals surface area contributed by atoms with Crippen molar-refractivity contribution < 1.29 is 27.5 Å². The summed E-state index contributed by atoms with van der Waals surface area (Å²) in [4.78, 5) is 14.3. The van der Waals surface area contributed by atoms with Gasteiger partial charge in [0.1, 0.15) is 5.75 Å². The van der Waals surface area contributed by atoms with Gasteiger partial charge < -0.3 is 19.2 Å². The van der Waals surface area contributed by atoms with Gasteiger partial charge in [0.15, 0.2) is 5.76 Å². The van der Waals surface area contributed by atoms with Gasteiger partial charge in [-0.15, -0.1) is 0 Å². The Morgan fingerprint density at radius 2 is 1.81 bits per heavy atom. The van der Waals surface area contributed by atoms with Crippen LogP contribution in [0, 0.1) is 0 Å². The molecule has 1 amide bonds. The standard InChI is InChI=1S/C18H20N2O6S/c21-15-2-1-13-5-6-19(12-14(13)11-15)18(22)16-3-4-17(26-16)27(23,24)20-7-9-25-10-8-20/h1-4,11,21H,5-10,12H2. The summed E-state index contributed by atoms with van der Waals surface area (Å²) in [6.45, 7) is 2.05. The molecule has 144 valence electrons. The molecule has 4 rings (SSSR count). The van der Waals surface area contributed by atoms with Crippen molar-refractivity contribution in [1.29, 1.82) is 0 Å². The summed E-state index contributed by atoms with van der Waals surface area (Å²) in [6, 6.07) is 7.85. The van der Waals surface area contributed by atoms with Crippen LogP contribution in [-0.2, 0) is 27.7 Å². The molecule has 0 aliphatic carbocycles. The van der Waals surface area contributed by atoms with Gasteiger partial charge in [0, 0.05) is 26.2 Å². The monoisotopic (exact) mass is 392 g/mol. The average molecular weight is 392 g/mol. The van der Waals surface area contributed by atoms with Crippen molar-refractivity contribution in [3.8, 4) is 5.75 Å². The first-order valence-corrected chi connectivity index (χ1v) is 10.2. The van der Waals surface area contributed by atoms with Crippen LogP contribution in [0.5, 0.6) is 5.75 Å². The number of hydrogen-bond donors (Lipinski definition) is 1. The highest BCUT2D eigenvalue weighted by atomic mass is 32.2. The Morgan fingerprint density at radius 1 is 1.04 bits per heavy atom. The van der Waals surface area contributed by atoms with E-state index in [4.69, 9.17) is 9.15 Å². The number of phenols is 1. The van der Waals surface area contributed by atoms with Gasteiger partial charge in [-0.1, -0.05) is 6.07 Å². The summed E-state index contributed by atoms with van der Waals surface area (Å²) in [5.74, 6) is -0.224. The normalized spacial score (nSPS) is 18.3. The number of rotatable bonds is 3. The number of nitrogens with zero attached hydrogens (tertiary/aromatic N) is 2. The fourth-order valence-electron chi connectivity index (χ4n) is 3.36. The Hall–Kier alpha value is -2.36. The van der Waals surface area contributed by atoms with Crippen molar-refractivity contribution in [3.63, 3.8) is 0 Å². The predicted octanol–water partition coefficient (Wildman–Crippen LogP) is 1.20. The van der Waals surface area contributed by atoms with Crippen molar-refractivity contribution >= 4 is 15.9 Å². The lowest BCUT2D eigenvalue weighted by atomic mass is 9.99. The number of morpholine rings is 1. The molecule has 0 spiro atoms. The Balaban J connectivity index is 1.52. The second-order valence-corrected chi connectivity index (χ2v) is 8.43. The van der Waals surface area contributed by atoms with Crippen LogP contribution in [0.1, 0.15) is 21.7 Å². The third-order valence-corrected chi connectivity index (χ3v) is 6.62. The first kappa shape index (κ1) is 18.0. The van der Waals surface area contributed by atoms with Gasteiger partial charge in [-0.05, 0) is 41.8 Å². The number of phenolic OH excluding ortho intramolecular Hbond substituents is 1. The smallest absolute Gasteiger partial charge is 0.289 e. The SMILES string of the molecule is O=C(c1ccc(S(=O)(=O)N2CCOCC2)o1)N1CCc2ccc(O)cc2C1. The minimum absolute atomic E-state index is 0.00885. The maximum Gasteiger partial charge on any atom is 0.289 e. The molecule has 1 fully saturated rings. The van der Waals surface area contributed by atoms with Crippen LogP contribution in [0.25, 0.3) is 0 Å². The van der Waals surface area contributed by atoms with E-state index in [2.05, 4.69) is 0 Å². The molecular formula is C18H20N2O6S. The van der Waals surface area contributed by atoms with Crippen LogP contribution >= 0.6 is 0 Å². The van der Waals surface area contributed by atoms with E-state index >= 15 is 0 Å². The van der Waals surface area contributed by atoms with Gasteiger partial charge in [-0.3, -0.25) is 4.79 Å². The summed E-state index contributed by atoms with van der Waals surface area (Å²) in [7, 11) is -3.78. The highest BCUT2D eigenvalue weighted by Gasteiger charge is 2.31. The van der Waals surface area contributed by atoms with Gasteiger partial charge in [0.25, 0.3) is 15.9 Å². The maximum absolute atomic E-state index is 12.8. The van der Waals surface area contributed by atoms with Crippen LogP contribution in [0.15, 0.2) is 39.8 Å². The zero-order valence-corrected chi connectivity index (χ0v) is 15.4. The molecule has 2 aromatic rings. The number of aromatic hydroxyl groups is 1. The first-order valence-electron chi connectivity index (χ1n) is 8.73. The molecule has 0 radical (unpaired) electrons. The minimum Gasteiger partial charge on any atom is -0.508 e. The third-order valence-electron chi connectivity index (χ3n) is 4.85.